The first-order chi connectivity index (χ1) is 7.00. The van der Waals surface area contributed by atoms with Crippen molar-refractivity contribution in [3.8, 4) is 0 Å². The molecule has 0 saturated carbocycles. The van der Waals surface area contributed by atoms with Crippen LogP contribution < -0.4 is 0 Å². The number of benzene rings is 1. The van der Waals surface area contributed by atoms with E-state index in [0.29, 0.717) is 6.42 Å². The minimum absolute atomic E-state index is 0.611. The number of hydrogen-bond donors (Lipinski definition) is 2. The minimum Gasteiger partial charge on any atom is -0.391 e. The summed E-state index contributed by atoms with van der Waals surface area (Å²) in [7, 11) is 0. The summed E-state index contributed by atoms with van der Waals surface area (Å²) in [5, 5.41) is 18.6. The van der Waals surface area contributed by atoms with Crippen LogP contribution in [0.15, 0.2) is 18.2 Å². The molecule has 0 bridgehead atoms. The standard InChI is InChI=1S/C13H20O2/c1-9-4-5-12(8-10(9)2)6-7-13(15)11(3)14/h4-5,8,11,13-15H,6-7H2,1-3H3. The van der Waals surface area contributed by atoms with Gasteiger partial charge in [0, 0.05) is 0 Å². The highest BCUT2D eigenvalue weighted by Gasteiger charge is 2.10. The van der Waals surface area contributed by atoms with Gasteiger partial charge >= 0.3 is 0 Å². The first-order valence-corrected chi connectivity index (χ1v) is 5.43. The first kappa shape index (κ1) is 12.2. The third kappa shape index (κ3) is 3.65. The molecule has 0 amide bonds. The highest BCUT2D eigenvalue weighted by molar-refractivity contribution is 5.29. The molecule has 0 aliphatic carbocycles. The molecular formula is C13H20O2. The van der Waals surface area contributed by atoms with Crippen molar-refractivity contribution in [1.82, 2.24) is 0 Å². The second-order valence-electron chi connectivity index (χ2n) is 4.27. The van der Waals surface area contributed by atoms with Gasteiger partial charge in [0.05, 0.1) is 12.2 Å². The van der Waals surface area contributed by atoms with Gasteiger partial charge in [0.2, 0.25) is 0 Å². The normalized spacial score (nSPS) is 15.0. The van der Waals surface area contributed by atoms with Crippen molar-refractivity contribution in [3.63, 3.8) is 0 Å². The van der Waals surface area contributed by atoms with Gasteiger partial charge in [-0.05, 0) is 50.3 Å². The fourth-order valence-electron chi connectivity index (χ4n) is 1.51. The molecule has 0 saturated heterocycles. The molecule has 0 aliphatic heterocycles. The van der Waals surface area contributed by atoms with Crippen molar-refractivity contribution in [2.75, 3.05) is 0 Å². The number of hydrogen-bond acceptors (Lipinski definition) is 2. The largest absolute Gasteiger partial charge is 0.391 e. The molecule has 2 unspecified atom stereocenters. The second-order valence-corrected chi connectivity index (χ2v) is 4.27. The summed E-state index contributed by atoms with van der Waals surface area (Å²) < 4.78 is 0. The molecule has 0 fully saturated rings. The van der Waals surface area contributed by atoms with Gasteiger partial charge in [-0.1, -0.05) is 18.2 Å². The molecule has 15 heavy (non-hydrogen) atoms. The maximum atomic E-state index is 9.46. The molecule has 2 heteroatoms. The van der Waals surface area contributed by atoms with Crippen molar-refractivity contribution < 1.29 is 10.2 Å². The third-order valence-corrected chi connectivity index (χ3v) is 2.86. The Morgan fingerprint density at radius 2 is 1.80 bits per heavy atom. The van der Waals surface area contributed by atoms with Gasteiger partial charge in [0.1, 0.15) is 0 Å². The highest BCUT2D eigenvalue weighted by atomic mass is 16.3. The number of rotatable bonds is 4. The quantitative estimate of drug-likeness (QED) is 0.794. The van der Waals surface area contributed by atoms with E-state index in [-0.39, 0.29) is 0 Å². The topological polar surface area (TPSA) is 40.5 Å². The lowest BCUT2D eigenvalue weighted by molar-refractivity contribution is 0.0265. The van der Waals surface area contributed by atoms with Crippen molar-refractivity contribution in [2.24, 2.45) is 0 Å². The van der Waals surface area contributed by atoms with E-state index in [2.05, 4.69) is 32.0 Å². The number of aliphatic hydroxyl groups excluding tert-OH is 2. The zero-order valence-electron chi connectivity index (χ0n) is 9.70. The molecule has 0 aliphatic rings. The van der Waals surface area contributed by atoms with Crippen LogP contribution >= 0.6 is 0 Å². The van der Waals surface area contributed by atoms with Crippen LogP contribution in [0, 0.1) is 13.8 Å². The first-order valence-electron chi connectivity index (χ1n) is 5.43. The van der Waals surface area contributed by atoms with Crippen molar-refractivity contribution in [1.29, 1.82) is 0 Å². The number of aryl methyl sites for hydroxylation is 3. The Morgan fingerprint density at radius 1 is 1.13 bits per heavy atom. The molecule has 1 aromatic carbocycles. The van der Waals surface area contributed by atoms with Gasteiger partial charge in [-0.3, -0.25) is 0 Å². The fraction of sp³-hybridized carbons (Fsp3) is 0.538. The van der Waals surface area contributed by atoms with E-state index in [1.54, 1.807) is 6.92 Å². The summed E-state index contributed by atoms with van der Waals surface area (Å²) in [6.45, 7) is 5.79. The molecule has 2 atom stereocenters. The Kier molecular flexibility index (Phi) is 4.30. The lowest BCUT2D eigenvalue weighted by atomic mass is 10.0. The average molecular weight is 208 g/mol. The van der Waals surface area contributed by atoms with E-state index in [1.165, 1.54) is 16.7 Å². The summed E-state index contributed by atoms with van der Waals surface area (Å²) in [5.74, 6) is 0. The summed E-state index contributed by atoms with van der Waals surface area (Å²) in [5.41, 5.74) is 3.78. The van der Waals surface area contributed by atoms with Crippen molar-refractivity contribution in [3.05, 3.63) is 34.9 Å². The molecule has 0 heterocycles. The highest BCUT2D eigenvalue weighted by Crippen LogP contribution is 2.13. The van der Waals surface area contributed by atoms with E-state index >= 15 is 0 Å². The smallest absolute Gasteiger partial charge is 0.0799 e. The maximum Gasteiger partial charge on any atom is 0.0799 e. The Bertz CT molecular complexity index is 318. The lowest BCUT2D eigenvalue weighted by Crippen LogP contribution is -2.22. The Balaban J connectivity index is 2.55. The molecular weight excluding hydrogens is 188 g/mol. The van der Waals surface area contributed by atoms with Gasteiger partial charge < -0.3 is 10.2 Å². The van der Waals surface area contributed by atoms with Gasteiger partial charge in [-0.25, -0.2) is 0 Å². The molecule has 2 nitrogen and oxygen atoms in total. The summed E-state index contributed by atoms with van der Waals surface area (Å²) >= 11 is 0. The van der Waals surface area contributed by atoms with Crippen LogP contribution in [0.25, 0.3) is 0 Å². The van der Waals surface area contributed by atoms with E-state index in [9.17, 15) is 5.11 Å². The van der Waals surface area contributed by atoms with Crippen LogP contribution in [0.3, 0.4) is 0 Å². The monoisotopic (exact) mass is 208 g/mol. The zero-order chi connectivity index (χ0) is 11.4. The van der Waals surface area contributed by atoms with Crippen LogP contribution in [0.4, 0.5) is 0 Å². The molecule has 84 valence electrons. The summed E-state index contributed by atoms with van der Waals surface area (Å²) in [6, 6.07) is 6.32. The predicted octanol–water partition coefficient (Wildman–Crippen LogP) is 1.98. The van der Waals surface area contributed by atoms with Crippen LogP contribution in [0.1, 0.15) is 30.0 Å². The fourth-order valence-corrected chi connectivity index (χ4v) is 1.51. The average Bonchev–Trinajstić information content (AvgIpc) is 2.19. The number of aliphatic hydroxyl groups is 2. The van der Waals surface area contributed by atoms with Crippen LogP contribution in [-0.2, 0) is 6.42 Å². The second kappa shape index (κ2) is 5.29. The van der Waals surface area contributed by atoms with E-state index in [4.69, 9.17) is 5.11 Å². The van der Waals surface area contributed by atoms with Crippen LogP contribution in [0.5, 0.6) is 0 Å². The van der Waals surface area contributed by atoms with E-state index in [0.717, 1.165) is 6.42 Å². The predicted molar refractivity (Wildman–Crippen MR) is 61.9 cm³/mol. The Hall–Kier alpha value is -0.860. The lowest BCUT2D eigenvalue weighted by Gasteiger charge is -2.13. The third-order valence-electron chi connectivity index (χ3n) is 2.86. The van der Waals surface area contributed by atoms with E-state index < -0.39 is 12.2 Å². The summed E-state index contributed by atoms with van der Waals surface area (Å²) in [6.07, 6.45) is 0.163. The van der Waals surface area contributed by atoms with Crippen LogP contribution in [-0.4, -0.2) is 22.4 Å². The van der Waals surface area contributed by atoms with Crippen LogP contribution in [0.2, 0.25) is 0 Å². The molecule has 0 radical (unpaired) electrons. The van der Waals surface area contributed by atoms with E-state index in [1.807, 2.05) is 0 Å². The molecule has 0 aromatic heterocycles. The van der Waals surface area contributed by atoms with Gasteiger partial charge in [0.25, 0.3) is 0 Å². The summed E-state index contributed by atoms with van der Waals surface area (Å²) in [4.78, 5) is 0. The maximum absolute atomic E-state index is 9.46. The molecule has 2 N–H and O–H groups in total. The zero-order valence-corrected chi connectivity index (χ0v) is 9.70. The molecule has 1 aromatic rings. The molecule has 1 rings (SSSR count). The van der Waals surface area contributed by atoms with Gasteiger partial charge in [0.15, 0.2) is 0 Å². The van der Waals surface area contributed by atoms with Gasteiger partial charge in [-0.2, -0.15) is 0 Å². The Morgan fingerprint density at radius 3 is 2.33 bits per heavy atom. The van der Waals surface area contributed by atoms with Gasteiger partial charge in [-0.15, -0.1) is 0 Å². The van der Waals surface area contributed by atoms with Crippen molar-refractivity contribution >= 4 is 0 Å². The Labute approximate surface area is 91.6 Å². The SMILES string of the molecule is Cc1ccc(CCC(O)C(C)O)cc1C. The molecule has 0 spiro atoms. The minimum atomic E-state index is -0.642. The van der Waals surface area contributed by atoms with Crippen molar-refractivity contribution in [2.45, 2.75) is 45.8 Å².